The molecule has 4 heteroatoms. The first-order valence-corrected chi connectivity index (χ1v) is 7.37. The van der Waals surface area contributed by atoms with Crippen molar-refractivity contribution in [3.63, 3.8) is 0 Å². The van der Waals surface area contributed by atoms with E-state index >= 15 is 0 Å². The van der Waals surface area contributed by atoms with Crippen LogP contribution in [0.25, 0.3) is 0 Å². The summed E-state index contributed by atoms with van der Waals surface area (Å²) in [5.41, 5.74) is 6.87. The highest BCUT2D eigenvalue weighted by Crippen LogP contribution is 2.33. The number of hydrogen-bond donors (Lipinski definition) is 1. The van der Waals surface area contributed by atoms with Crippen LogP contribution in [0.1, 0.15) is 37.7 Å². The number of rotatable bonds is 6. The smallest absolute Gasteiger partial charge is 0.161 e. The summed E-state index contributed by atoms with van der Waals surface area (Å²) in [5.74, 6) is 2.06. The van der Waals surface area contributed by atoms with E-state index in [0.717, 1.165) is 44.0 Å². The van der Waals surface area contributed by atoms with E-state index in [2.05, 4.69) is 19.1 Å². The van der Waals surface area contributed by atoms with Crippen LogP contribution in [-0.4, -0.2) is 33.0 Å². The van der Waals surface area contributed by atoms with Gasteiger partial charge in [0.1, 0.15) is 6.10 Å². The van der Waals surface area contributed by atoms with Gasteiger partial charge in [-0.15, -0.1) is 0 Å². The number of nitrogens with two attached hydrogens (primary N) is 1. The minimum Gasteiger partial charge on any atom is -0.493 e. The van der Waals surface area contributed by atoms with Gasteiger partial charge in [0.15, 0.2) is 11.5 Å². The molecule has 0 aromatic heterocycles. The van der Waals surface area contributed by atoms with E-state index in [1.54, 1.807) is 7.11 Å². The molecule has 0 saturated carbocycles. The first kappa shape index (κ1) is 15.1. The molecule has 2 N–H and O–H groups in total. The average Bonchev–Trinajstić information content (AvgIpc) is 2.49. The van der Waals surface area contributed by atoms with Crippen molar-refractivity contribution in [3.05, 3.63) is 23.8 Å². The highest BCUT2D eigenvalue weighted by molar-refractivity contribution is 5.44. The summed E-state index contributed by atoms with van der Waals surface area (Å²) in [6.45, 7) is 4.43. The van der Waals surface area contributed by atoms with E-state index in [9.17, 15) is 0 Å². The van der Waals surface area contributed by atoms with Crippen LogP contribution < -0.4 is 15.2 Å². The molecule has 0 amide bonds. The molecule has 1 aliphatic rings. The van der Waals surface area contributed by atoms with E-state index in [0.29, 0.717) is 12.5 Å². The fourth-order valence-corrected chi connectivity index (χ4v) is 2.48. The van der Waals surface area contributed by atoms with Crippen LogP contribution in [-0.2, 0) is 4.74 Å². The van der Waals surface area contributed by atoms with E-state index in [1.165, 1.54) is 5.56 Å². The summed E-state index contributed by atoms with van der Waals surface area (Å²) < 4.78 is 16.9. The third-order valence-electron chi connectivity index (χ3n) is 3.82. The Bertz CT molecular complexity index is 416. The molecule has 1 fully saturated rings. The molecule has 0 radical (unpaired) electrons. The first-order chi connectivity index (χ1) is 9.74. The molecular formula is C16H25NO3. The summed E-state index contributed by atoms with van der Waals surface area (Å²) >= 11 is 0. The lowest BCUT2D eigenvalue weighted by Gasteiger charge is -2.24. The third-order valence-corrected chi connectivity index (χ3v) is 3.82. The number of benzene rings is 1. The van der Waals surface area contributed by atoms with E-state index in [1.807, 2.05) is 6.07 Å². The molecule has 0 aliphatic carbocycles. The Morgan fingerprint density at radius 3 is 2.70 bits per heavy atom. The summed E-state index contributed by atoms with van der Waals surface area (Å²) in [6.07, 6.45) is 3.08. The summed E-state index contributed by atoms with van der Waals surface area (Å²) in [4.78, 5) is 0. The van der Waals surface area contributed by atoms with E-state index in [4.69, 9.17) is 19.9 Å². The average molecular weight is 279 g/mol. The van der Waals surface area contributed by atoms with Crippen molar-refractivity contribution < 1.29 is 14.2 Å². The maximum atomic E-state index is 6.04. The van der Waals surface area contributed by atoms with Crippen LogP contribution in [0.4, 0.5) is 0 Å². The molecule has 1 atom stereocenters. The summed E-state index contributed by atoms with van der Waals surface area (Å²) in [5, 5.41) is 0. The minimum atomic E-state index is 0.227. The van der Waals surface area contributed by atoms with Gasteiger partial charge >= 0.3 is 0 Å². The lowest BCUT2D eigenvalue weighted by atomic mass is 9.97. The Kier molecular flexibility index (Phi) is 5.68. The maximum Gasteiger partial charge on any atom is 0.161 e. The van der Waals surface area contributed by atoms with Gasteiger partial charge in [-0.25, -0.2) is 0 Å². The fourth-order valence-electron chi connectivity index (χ4n) is 2.48. The number of hydrogen-bond acceptors (Lipinski definition) is 4. The van der Waals surface area contributed by atoms with Crippen LogP contribution in [0, 0.1) is 0 Å². The van der Waals surface area contributed by atoms with Gasteiger partial charge in [-0.3, -0.25) is 0 Å². The van der Waals surface area contributed by atoms with Gasteiger partial charge in [-0.05, 0) is 36.6 Å². The lowest BCUT2D eigenvalue weighted by Crippen LogP contribution is -2.26. The van der Waals surface area contributed by atoms with Crippen LogP contribution in [0.5, 0.6) is 11.5 Å². The second kappa shape index (κ2) is 7.50. The van der Waals surface area contributed by atoms with Crippen molar-refractivity contribution in [1.29, 1.82) is 0 Å². The second-order valence-corrected chi connectivity index (χ2v) is 5.32. The molecule has 1 aliphatic heterocycles. The Labute approximate surface area is 121 Å². The van der Waals surface area contributed by atoms with Crippen molar-refractivity contribution in [2.24, 2.45) is 5.73 Å². The summed E-state index contributed by atoms with van der Waals surface area (Å²) in [7, 11) is 1.68. The summed E-state index contributed by atoms with van der Waals surface area (Å²) in [6, 6.07) is 6.18. The van der Waals surface area contributed by atoms with Crippen LogP contribution >= 0.6 is 0 Å². The second-order valence-electron chi connectivity index (χ2n) is 5.32. The number of methoxy groups -OCH3 is 1. The van der Waals surface area contributed by atoms with Crippen molar-refractivity contribution in [1.82, 2.24) is 0 Å². The maximum absolute atomic E-state index is 6.04. The third kappa shape index (κ3) is 3.87. The molecule has 0 bridgehead atoms. The fraction of sp³-hybridized carbons (Fsp3) is 0.625. The van der Waals surface area contributed by atoms with Gasteiger partial charge in [-0.1, -0.05) is 13.0 Å². The minimum absolute atomic E-state index is 0.227. The van der Waals surface area contributed by atoms with Crippen molar-refractivity contribution in [2.75, 3.05) is 26.9 Å². The zero-order valence-corrected chi connectivity index (χ0v) is 12.4. The van der Waals surface area contributed by atoms with Crippen molar-refractivity contribution in [3.8, 4) is 11.5 Å². The van der Waals surface area contributed by atoms with Crippen LogP contribution in [0.3, 0.4) is 0 Å². The zero-order valence-electron chi connectivity index (χ0n) is 12.4. The molecule has 2 rings (SSSR count). The van der Waals surface area contributed by atoms with Gasteiger partial charge in [-0.2, -0.15) is 0 Å². The van der Waals surface area contributed by atoms with Crippen LogP contribution in [0.2, 0.25) is 0 Å². The largest absolute Gasteiger partial charge is 0.493 e. The van der Waals surface area contributed by atoms with Gasteiger partial charge in [0.25, 0.3) is 0 Å². The van der Waals surface area contributed by atoms with Gasteiger partial charge < -0.3 is 19.9 Å². The molecule has 20 heavy (non-hydrogen) atoms. The molecule has 1 aromatic carbocycles. The SMILES string of the molecule is COc1cc(C(C)CCN)ccc1OC1CCOCC1. The van der Waals surface area contributed by atoms with Gasteiger partial charge in [0.2, 0.25) is 0 Å². The molecule has 1 unspecified atom stereocenters. The molecule has 4 nitrogen and oxygen atoms in total. The highest BCUT2D eigenvalue weighted by Gasteiger charge is 2.18. The molecule has 1 aromatic rings. The van der Waals surface area contributed by atoms with Crippen molar-refractivity contribution >= 4 is 0 Å². The Morgan fingerprint density at radius 2 is 2.05 bits per heavy atom. The Morgan fingerprint density at radius 1 is 1.30 bits per heavy atom. The van der Waals surface area contributed by atoms with Gasteiger partial charge in [0.05, 0.1) is 20.3 Å². The Balaban J connectivity index is 2.08. The predicted molar refractivity (Wildman–Crippen MR) is 79.5 cm³/mol. The van der Waals surface area contributed by atoms with E-state index < -0.39 is 0 Å². The highest BCUT2D eigenvalue weighted by atomic mass is 16.5. The topological polar surface area (TPSA) is 53.7 Å². The van der Waals surface area contributed by atoms with Gasteiger partial charge in [0, 0.05) is 12.8 Å². The molecule has 1 saturated heterocycles. The standard InChI is InChI=1S/C16H25NO3/c1-12(5-8-17)13-3-4-15(16(11-13)18-2)20-14-6-9-19-10-7-14/h3-4,11-12,14H,5-10,17H2,1-2H3. The molecule has 1 heterocycles. The normalized spacial score (nSPS) is 17.8. The lowest BCUT2D eigenvalue weighted by molar-refractivity contribution is 0.0245. The van der Waals surface area contributed by atoms with Crippen LogP contribution in [0.15, 0.2) is 18.2 Å². The number of ether oxygens (including phenoxy) is 3. The van der Waals surface area contributed by atoms with Crippen molar-refractivity contribution in [2.45, 2.75) is 38.2 Å². The molecule has 0 spiro atoms. The Hall–Kier alpha value is -1.26. The molecular weight excluding hydrogens is 254 g/mol. The molecule has 112 valence electrons. The van der Waals surface area contributed by atoms with E-state index in [-0.39, 0.29) is 6.10 Å². The first-order valence-electron chi connectivity index (χ1n) is 7.37. The quantitative estimate of drug-likeness (QED) is 0.870. The monoisotopic (exact) mass is 279 g/mol. The predicted octanol–water partition coefficient (Wildman–Crippen LogP) is 2.71. The zero-order chi connectivity index (χ0) is 14.4.